The second-order valence-corrected chi connectivity index (χ2v) is 12.5. The summed E-state index contributed by atoms with van der Waals surface area (Å²) in [6.07, 6.45) is -4.32. The van der Waals surface area contributed by atoms with Crippen molar-refractivity contribution in [1.29, 1.82) is 0 Å². The molecule has 4 aromatic rings. The van der Waals surface area contributed by atoms with Crippen molar-refractivity contribution in [3.05, 3.63) is 70.3 Å². The van der Waals surface area contributed by atoms with Crippen LogP contribution in [0.5, 0.6) is 0 Å². The maximum absolute atomic E-state index is 14.4. The van der Waals surface area contributed by atoms with Crippen LogP contribution in [0.3, 0.4) is 0 Å². The van der Waals surface area contributed by atoms with Crippen molar-refractivity contribution >= 4 is 29.0 Å². The predicted molar refractivity (Wildman–Crippen MR) is 159 cm³/mol. The lowest BCUT2D eigenvalue weighted by atomic mass is 9.78. The number of rotatable bonds is 8. The number of halogens is 8. The third-order valence-corrected chi connectivity index (χ3v) is 9.20. The minimum absolute atomic E-state index is 0.00470. The Hall–Kier alpha value is -4.37. The standard InChI is InChI=1S/C32H31F8N7O/c1-45-43-30(42-44-45)46(15-19-9-23(31(35,36)37)13-24(10-19)32(38,39)40)16-22-11-21-12-25(33)26(34)14-27(21)41-29(22)47-8-2-3-28(47)20-6-4-18(17-48)5-7-20/h9-14,17-18,20,28H,2-8,15-16H2,1H3/t18-,20-,28-/m1/s1. The Morgan fingerprint density at radius 2 is 1.54 bits per heavy atom. The summed E-state index contributed by atoms with van der Waals surface area (Å²) in [5.74, 6) is -1.60. The predicted octanol–water partition coefficient (Wildman–Crippen LogP) is 7.26. The second-order valence-electron chi connectivity index (χ2n) is 12.5. The van der Waals surface area contributed by atoms with Crippen LogP contribution in [0.4, 0.5) is 46.9 Å². The van der Waals surface area contributed by atoms with Crippen molar-refractivity contribution in [2.45, 2.75) is 70.0 Å². The number of carbonyl (C=O) groups is 1. The first-order chi connectivity index (χ1) is 22.7. The Labute approximate surface area is 269 Å². The monoisotopic (exact) mass is 681 g/mol. The smallest absolute Gasteiger partial charge is 0.353 e. The number of alkyl halides is 6. The van der Waals surface area contributed by atoms with Crippen molar-refractivity contribution in [1.82, 2.24) is 25.2 Å². The van der Waals surface area contributed by atoms with E-state index in [1.54, 1.807) is 6.07 Å². The first-order valence-corrected chi connectivity index (χ1v) is 15.5. The van der Waals surface area contributed by atoms with E-state index in [-0.39, 0.29) is 52.9 Å². The van der Waals surface area contributed by atoms with E-state index in [2.05, 4.69) is 20.3 Å². The van der Waals surface area contributed by atoms with Crippen molar-refractivity contribution < 1.29 is 39.9 Å². The van der Waals surface area contributed by atoms with E-state index >= 15 is 0 Å². The Morgan fingerprint density at radius 3 is 2.15 bits per heavy atom. The number of tetrazole rings is 1. The minimum atomic E-state index is -5.05. The molecule has 0 spiro atoms. The quantitative estimate of drug-likeness (QED) is 0.143. The molecule has 48 heavy (non-hydrogen) atoms. The molecule has 2 aliphatic rings. The zero-order chi connectivity index (χ0) is 34.4. The molecule has 3 heterocycles. The molecule has 0 unspecified atom stereocenters. The van der Waals surface area contributed by atoms with Gasteiger partial charge >= 0.3 is 12.4 Å². The summed E-state index contributed by atoms with van der Waals surface area (Å²) >= 11 is 0. The third-order valence-electron chi connectivity index (χ3n) is 9.20. The van der Waals surface area contributed by atoms with E-state index in [0.29, 0.717) is 30.1 Å². The lowest BCUT2D eigenvalue weighted by Crippen LogP contribution is -2.39. The average molecular weight is 682 g/mol. The molecule has 2 fully saturated rings. The molecule has 0 amide bonds. The first kappa shape index (κ1) is 33.5. The molecule has 1 saturated heterocycles. The number of benzene rings is 2. The lowest BCUT2D eigenvalue weighted by molar-refractivity contribution is -0.143. The normalized spacial score (nSPS) is 20.4. The summed E-state index contributed by atoms with van der Waals surface area (Å²) in [6, 6.07) is 4.93. The molecule has 2 aromatic heterocycles. The molecular weight excluding hydrogens is 650 g/mol. The number of hydrogen-bond donors (Lipinski definition) is 0. The van der Waals surface area contributed by atoms with Gasteiger partial charge in [0.05, 0.1) is 23.7 Å². The van der Waals surface area contributed by atoms with E-state index in [1.165, 1.54) is 11.9 Å². The van der Waals surface area contributed by atoms with Gasteiger partial charge in [-0.25, -0.2) is 13.8 Å². The maximum atomic E-state index is 14.4. The van der Waals surface area contributed by atoms with Crippen LogP contribution in [0.2, 0.25) is 0 Å². The molecule has 6 rings (SSSR count). The molecule has 1 aliphatic carbocycles. The minimum Gasteiger partial charge on any atom is -0.353 e. The van der Waals surface area contributed by atoms with Crippen molar-refractivity contribution in [3.8, 4) is 0 Å². The van der Waals surface area contributed by atoms with Gasteiger partial charge in [-0.3, -0.25) is 0 Å². The van der Waals surface area contributed by atoms with Gasteiger partial charge in [-0.05, 0) is 85.6 Å². The SMILES string of the molecule is Cn1nnc(N(Cc2cc(C(F)(F)F)cc(C(F)(F)F)c2)Cc2cc3cc(F)c(F)cc3nc2N2CCC[C@@H]2[C@H]2CC[C@H](C=O)CC2)n1. The van der Waals surface area contributed by atoms with Gasteiger partial charge in [0.2, 0.25) is 0 Å². The van der Waals surface area contributed by atoms with Crippen molar-refractivity contribution in [3.63, 3.8) is 0 Å². The van der Waals surface area contributed by atoms with E-state index in [1.807, 2.05) is 0 Å². The molecule has 8 nitrogen and oxygen atoms in total. The fraction of sp³-hybridized carbons (Fsp3) is 0.469. The summed E-state index contributed by atoms with van der Waals surface area (Å²) in [5.41, 5.74) is -2.60. The highest BCUT2D eigenvalue weighted by molar-refractivity contribution is 5.82. The maximum Gasteiger partial charge on any atom is 0.416 e. The summed E-state index contributed by atoms with van der Waals surface area (Å²) in [4.78, 5) is 20.7. The highest BCUT2D eigenvalue weighted by atomic mass is 19.4. The molecule has 0 N–H and O–H groups in total. The van der Waals surface area contributed by atoms with Crippen LogP contribution in [-0.4, -0.2) is 44.1 Å². The number of hydrogen-bond acceptors (Lipinski definition) is 7. The van der Waals surface area contributed by atoms with Gasteiger partial charge in [0.25, 0.3) is 5.95 Å². The van der Waals surface area contributed by atoms with Crippen molar-refractivity contribution in [2.24, 2.45) is 18.9 Å². The van der Waals surface area contributed by atoms with E-state index in [0.717, 1.165) is 61.7 Å². The van der Waals surface area contributed by atoms with Gasteiger partial charge in [0, 0.05) is 48.6 Å². The Balaban J connectivity index is 1.43. The second kappa shape index (κ2) is 12.9. The van der Waals surface area contributed by atoms with E-state index in [9.17, 15) is 39.9 Å². The van der Waals surface area contributed by atoms with Crippen LogP contribution in [0.1, 0.15) is 60.8 Å². The zero-order valence-corrected chi connectivity index (χ0v) is 25.7. The molecule has 1 atom stereocenters. The number of fused-ring (bicyclic) bond motifs is 1. The molecule has 1 saturated carbocycles. The van der Waals surface area contributed by atoms with Crippen molar-refractivity contribution in [2.75, 3.05) is 16.3 Å². The number of pyridine rings is 1. The summed E-state index contributed by atoms with van der Waals surface area (Å²) in [5, 5.41) is 12.2. The Kier molecular flexibility index (Phi) is 9.02. The molecule has 256 valence electrons. The average Bonchev–Trinajstić information content (AvgIpc) is 3.70. The fourth-order valence-electron chi connectivity index (χ4n) is 6.91. The van der Waals surface area contributed by atoms with Crippen LogP contribution < -0.4 is 9.80 Å². The number of anilines is 2. The van der Waals surface area contributed by atoms with Crippen LogP contribution in [-0.2, 0) is 37.3 Å². The Bertz CT molecular complexity index is 1770. The third kappa shape index (κ3) is 7.06. The Morgan fingerprint density at radius 1 is 0.875 bits per heavy atom. The zero-order valence-electron chi connectivity index (χ0n) is 25.7. The molecule has 0 radical (unpaired) electrons. The molecule has 1 aliphatic heterocycles. The van der Waals surface area contributed by atoms with Gasteiger partial charge in [-0.2, -0.15) is 31.1 Å². The van der Waals surface area contributed by atoms with Gasteiger partial charge in [0.15, 0.2) is 11.6 Å². The summed E-state index contributed by atoms with van der Waals surface area (Å²) in [6.45, 7) is -0.0613. The molecular formula is C32H31F8N7O. The fourth-order valence-corrected chi connectivity index (χ4v) is 6.91. The first-order valence-electron chi connectivity index (χ1n) is 15.5. The number of nitrogens with zero attached hydrogens (tertiary/aromatic N) is 7. The van der Waals surface area contributed by atoms with E-state index < -0.39 is 41.7 Å². The molecule has 0 bridgehead atoms. The lowest BCUT2D eigenvalue weighted by Gasteiger charge is -2.37. The number of carbonyl (C=O) groups excluding carboxylic acids is 1. The van der Waals surface area contributed by atoms with E-state index in [4.69, 9.17) is 4.98 Å². The number of aldehydes is 1. The number of aromatic nitrogens is 5. The van der Waals surface area contributed by atoms with Crippen LogP contribution in [0, 0.1) is 23.5 Å². The van der Waals surface area contributed by atoms with Crippen LogP contribution in [0.25, 0.3) is 10.9 Å². The summed E-state index contributed by atoms with van der Waals surface area (Å²) < 4.78 is 111. The summed E-state index contributed by atoms with van der Waals surface area (Å²) in [7, 11) is 1.45. The highest BCUT2D eigenvalue weighted by Gasteiger charge is 2.38. The van der Waals surface area contributed by atoms with Crippen LogP contribution in [0.15, 0.2) is 36.4 Å². The molecule has 16 heteroatoms. The van der Waals surface area contributed by atoms with Gasteiger partial charge in [-0.1, -0.05) is 5.10 Å². The highest BCUT2D eigenvalue weighted by Crippen LogP contribution is 2.41. The van der Waals surface area contributed by atoms with Gasteiger partial charge in [-0.15, -0.1) is 5.10 Å². The molecule has 2 aromatic carbocycles. The largest absolute Gasteiger partial charge is 0.416 e. The number of aryl methyl sites for hydroxylation is 1. The topological polar surface area (TPSA) is 80.0 Å². The van der Waals surface area contributed by atoms with Crippen LogP contribution >= 0.6 is 0 Å². The van der Waals surface area contributed by atoms with Gasteiger partial charge in [0.1, 0.15) is 12.1 Å². The van der Waals surface area contributed by atoms with Gasteiger partial charge < -0.3 is 14.6 Å².